The fourth-order valence-electron chi connectivity index (χ4n) is 5.68. The predicted molar refractivity (Wildman–Crippen MR) is 139 cm³/mol. The number of ketones is 2. The minimum Gasteiger partial charge on any atom is -0.359 e. The van der Waals surface area contributed by atoms with E-state index < -0.39 is 23.9 Å². The molecule has 2 saturated heterocycles. The molecular weight excluding hydrogens is 464 g/mol. The molecular formula is C31H24N2O4. The van der Waals surface area contributed by atoms with Crippen LogP contribution in [0.5, 0.6) is 0 Å². The van der Waals surface area contributed by atoms with Crippen molar-refractivity contribution in [3.8, 4) is 0 Å². The van der Waals surface area contributed by atoms with E-state index in [1.807, 2.05) is 31.2 Å². The van der Waals surface area contributed by atoms with Crippen LogP contribution < -0.4 is 4.90 Å². The molecule has 0 aliphatic carbocycles. The molecule has 3 aliphatic rings. The lowest BCUT2D eigenvalue weighted by Crippen LogP contribution is -2.46. The summed E-state index contributed by atoms with van der Waals surface area (Å²) in [5.41, 5.74) is 2.95. The fourth-order valence-corrected chi connectivity index (χ4v) is 5.68. The van der Waals surface area contributed by atoms with Gasteiger partial charge in [-0.1, -0.05) is 84.4 Å². The summed E-state index contributed by atoms with van der Waals surface area (Å²) in [4.78, 5) is 57.6. The normalized spacial score (nSPS) is 24.1. The van der Waals surface area contributed by atoms with Crippen LogP contribution in [0.3, 0.4) is 0 Å². The van der Waals surface area contributed by atoms with E-state index >= 15 is 0 Å². The van der Waals surface area contributed by atoms with Crippen molar-refractivity contribution in [1.29, 1.82) is 0 Å². The summed E-state index contributed by atoms with van der Waals surface area (Å²) in [6.07, 6.45) is 5.11. The van der Waals surface area contributed by atoms with Gasteiger partial charge in [-0.25, -0.2) is 4.90 Å². The molecule has 0 N–H and O–H groups in total. The SMILES string of the molecule is Cc1ccc(N2C(=O)[C@@H]3[C@H](C2=O)[C@@H]2C=C(C(=O)c4ccccc4)C=CN2[C@H]3C(=O)c2ccccc2)cc1. The fraction of sp³-hybridized carbons (Fsp3) is 0.161. The molecule has 0 spiro atoms. The van der Waals surface area contributed by atoms with Crippen molar-refractivity contribution in [2.75, 3.05) is 4.90 Å². The number of imide groups is 1. The molecule has 182 valence electrons. The number of hydrogen-bond acceptors (Lipinski definition) is 5. The van der Waals surface area contributed by atoms with Gasteiger partial charge in [-0.05, 0) is 25.1 Å². The first-order chi connectivity index (χ1) is 18.0. The van der Waals surface area contributed by atoms with Crippen LogP contribution in [-0.2, 0) is 9.59 Å². The topological polar surface area (TPSA) is 74.8 Å². The summed E-state index contributed by atoms with van der Waals surface area (Å²) < 4.78 is 0. The number of benzene rings is 3. The molecule has 0 saturated carbocycles. The second kappa shape index (κ2) is 8.82. The van der Waals surface area contributed by atoms with Crippen LogP contribution in [0, 0.1) is 18.8 Å². The Morgan fingerprint density at radius 3 is 1.97 bits per heavy atom. The van der Waals surface area contributed by atoms with Gasteiger partial charge >= 0.3 is 0 Å². The highest BCUT2D eigenvalue weighted by Crippen LogP contribution is 2.47. The maximum absolute atomic E-state index is 13.8. The van der Waals surface area contributed by atoms with Crippen LogP contribution in [-0.4, -0.2) is 40.4 Å². The minimum absolute atomic E-state index is 0.168. The highest BCUT2D eigenvalue weighted by atomic mass is 16.2. The first-order valence-electron chi connectivity index (χ1n) is 12.3. The van der Waals surface area contributed by atoms with Gasteiger partial charge in [0.2, 0.25) is 11.8 Å². The van der Waals surface area contributed by atoms with E-state index in [2.05, 4.69) is 0 Å². The summed E-state index contributed by atoms with van der Waals surface area (Å²) >= 11 is 0. The molecule has 0 unspecified atom stereocenters. The number of rotatable bonds is 5. The van der Waals surface area contributed by atoms with Gasteiger partial charge in [-0.15, -0.1) is 0 Å². The van der Waals surface area contributed by atoms with Gasteiger partial charge < -0.3 is 4.90 Å². The number of fused-ring (bicyclic) bond motifs is 3. The molecule has 0 radical (unpaired) electrons. The number of Topliss-reactive ketones (excluding diaryl/α,β-unsaturated/α-hetero) is 2. The zero-order chi connectivity index (χ0) is 25.7. The summed E-state index contributed by atoms with van der Waals surface area (Å²) in [5.74, 6) is -2.77. The molecule has 37 heavy (non-hydrogen) atoms. The van der Waals surface area contributed by atoms with Crippen LogP contribution in [0.2, 0.25) is 0 Å². The van der Waals surface area contributed by atoms with E-state index in [0.717, 1.165) is 5.56 Å². The van der Waals surface area contributed by atoms with Gasteiger partial charge in [0.1, 0.15) is 6.04 Å². The first kappa shape index (κ1) is 22.9. The second-order valence-corrected chi connectivity index (χ2v) is 9.64. The van der Waals surface area contributed by atoms with Gasteiger partial charge in [0, 0.05) is 22.9 Å². The summed E-state index contributed by atoms with van der Waals surface area (Å²) in [6.45, 7) is 1.93. The molecule has 6 heteroatoms. The third-order valence-electron chi connectivity index (χ3n) is 7.47. The Bertz CT molecular complexity index is 1470. The molecule has 6 rings (SSSR count). The second-order valence-electron chi connectivity index (χ2n) is 9.64. The van der Waals surface area contributed by atoms with Gasteiger partial charge in [0.15, 0.2) is 11.6 Å². The monoisotopic (exact) mass is 488 g/mol. The highest BCUT2D eigenvalue weighted by Gasteiger charge is 2.63. The molecule has 0 aromatic heterocycles. The lowest BCUT2D eigenvalue weighted by molar-refractivity contribution is -0.123. The average Bonchev–Trinajstić information content (AvgIpc) is 3.41. The van der Waals surface area contributed by atoms with E-state index in [1.165, 1.54) is 4.90 Å². The maximum Gasteiger partial charge on any atom is 0.240 e. The van der Waals surface area contributed by atoms with Crippen molar-refractivity contribution < 1.29 is 19.2 Å². The Balaban J connectivity index is 1.43. The van der Waals surface area contributed by atoms with Gasteiger partial charge in [-0.3, -0.25) is 19.2 Å². The van der Waals surface area contributed by atoms with Crippen LogP contribution >= 0.6 is 0 Å². The van der Waals surface area contributed by atoms with Crippen LogP contribution in [0.25, 0.3) is 0 Å². The Hall–Kier alpha value is -4.58. The number of carbonyl (C=O) groups excluding carboxylic acids is 4. The molecule has 2 amide bonds. The Morgan fingerprint density at radius 1 is 0.730 bits per heavy atom. The van der Waals surface area contributed by atoms with Crippen molar-refractivity contribution >= 4 is 29.1 Å². The third kappa shape index (κ3) is 3.64. The molecule has 2 fully saturated rings. The molecule has 3 heterocycles. The zero-order valence-electron chi connectivity index (χ0n) is 20.2. The van der Waals surface area contributed by atoms with Crippen LogP contribution in [0.15, 0.2) is 109 Å². The van der Waals surface area contributed by atoms with Gasteiger partial charge in [0.05, 0.1) is 23.6 Å². The van der Waals surface area contributed by atoms with Crippen LogP contribution in [0.1, 0.15) is 26.3 Å². The van der Waals surface area contributed by atoms with Gasteiger partial charge in [0.25, 0.3) is 0 Å². The standard InChI is InChI=1S/C31H24N2O4/c1-19-12-14-23(15-13-19)33-30(36)25-24-18-22(28(34)20-8-4-2-5-9-20)16-17-32(24)27(26(25)31(33)37)29(35)21-10-6-3-7-11-21/h2-18,24-27H,1H3/t24-,25+,26+,27+/m0/s1. The van der Waals surface area contributed by atoms with Crippen LogP contribution in [0.4, 0.5) is 5.69 Å². The average molecular weight is 489 g/mol. The lowest BCUT2D eigenvalue weighted by atomic mass is 9.85. The molecule has 0 bridgehead atoms. The van der Waals surface area contributed by atoms with Crippen molar-refractivity contribution in [2.45, 2.75) is 19.0 Å². The number of carbonyl (C=O) groups is 4. The number of hydrogen-bond donors (Lipinski definition) is 0. The van der Waals surface area contributed by atoms with Crippen molar-refractivity contribution in [1.82, 2.24) is 4.90 Å². The molecule has 3 aromatic carbocycles. The highest BCUT2D eigenvalue weighted by molar-refractivity contribution is 6.25. The zero-order valence-corrected chi connectivity index (χ0v) is 20.2. The number of allylic oxidation sites excluding steroid dienone is 2. The maximum atomic E-state index is 13.8. The summed E-state index contributed by atoms with van der Waals surface area (Å²) in [7, 11) is 0. The van der Waals surface area contributed by atoms with Crippen molar-refractivity contribution in [3.63, 3.8) is 0 Å². The molecule has 4 atom stereocenters. The number of anilines is 1. The smallest absolute Gasteiger partial charge is 0.240 e. The van der Waals surface area contributed by atoms with Crippen molar-refractivity contribution in [2.24, 2.45) is 11.8 Å². The Labute approximate surface area is 214 Å². The third-order valence-corrected chi connectivity index (χ3v) is 7.47. The van der Waals surface area contributed by atoms with E-state index in [1.54, 1.807) is 83.9 Å². The Morgan fingerprint density at radius 2 is 1.32 bits per heavy atom. The van der Waals surface area contributed by atoms with E-state index in [4.69, 9.17) is 0 Å². The Kier molecular flexibility index (Phi) is 5.45. The molecule has 3 aliphatic heterocycles. The number of nitrogens with zero attached hydrogens (tertiary/aromatic N) is 2. The molecule has 6 nitrogen and oxygen atoms in total. The van der Waals surface area contributed by atoms with Gasteiger partial charge in [-0.2, -0.15) is 0 Å². The van der Waals surface area contributed by atoms with E-state index in [-0.39, 0.29) is 23.4 Å². The largest absolute Gasteiger partial charge is 0.359 e. The molecule has 3 aromatic rings. The first-order valence-corrected chi connectivity index (χ1v) is 12.3. The summed E-state index contributed by atoms with van der Waals surface area (Å²) in [6, 6.07) is 23.5. The lowest BCUT2D eigenvalue weighted by Gasteiger charge is -2.32. The predicted octanol–water partition coefficient (Wildman–Crippen LogP) is 4.37. The quantitative estimate of drug-likeness (QED) is 0.394. The van der Waals surface area contributed by atoms with E-state index in [0.29, 0.717) is 22.4 Å². The number of amides is 2. The van der Waals surface area contributed by atoms with Crippen molar-refractivity contribution in [3.05, 3.63) is 126 Å². The van der Waals surface area contributed by atoms with E-state index in [9.17, 15) is 19.2 Å². The minimum atomic E-state index is -0.862. The number of aryl methyl sites for hydroxylation is 1. The summed E-state index contributed by atoms with van der Waals surface area (Å²) in [5, 5.41) is 0.